The Labute approximate surface area is 99.0 Å². The molecule has 0 heterocycles. The van der Waals surface area contributed by atoms with Gasteiger partial charge in [-0.3, -0.25) is 4.79 Å². The van der Waals surface area contributed by atoms with Crippen LogP contribution in [-0.4, -0.2) is 24.6 Å². The van der Waals surface area contributed by atoms with Crippen molar-refractivity contribution < 1.29 is 19.2 Å². The zero-order chi connectivity index (χ0) is 12.8. The summed E-state index contributed by atoms with van der Waals surface area (Å²) in [7, 11) is 1.55. The molecule has 0 aliphatic carbocycles. The number of methoxy groups -OCH3 is 1. The maximum atomic E-state index is 11.8. The Kier molecular flexibility index (Phi) is 4.39. The maximum Gasteiger partial charge on any atom is 0.331 e. The standard InChI is InChI=1S/C12H13NO4/c1-8(13-17-9(2)14)12(15)10-4-6-11(16-3)7-5-10/h4-7H,1-3H3/b13-8+. The number of ether oxygens (including phenoxy) is 1. The fourth-order valence-electron chi connectivity index (χ4n) is 1.13. The lowest BCUT2D eigenvalue weighted by atomic mass is 10.1. The SMILES string of the molecule is COc1ccc(C(=O)/C(C)=N/OC(C)=O)cc1. The van der Waals surface area contributed by atoms with E-state index >= 15 is 0 Å². The first-order chi connectivity index (χ1) is 8.04. The molecule has 0 fully saturated rings. The van der Waals surface area contributed by atoms with Crippen molar-refractivity contribution in [2.24, 2.45) is 5.16 Å². The van der Waals surface area contributed by atoms with Gasteiger partial charge >= 0.3 is 5.97 Å². The number of carbonyl (C=O) groups excluding carboxylic acids is 2. The molecule has 1 aromatic carbocycles. The van der Waals surface area contributed by atoms with E-state index in [1.54, 1.807) is 31.4 Å². The van der Waals surface area contributed by atoms with Crippen molar-refractivity contribution in [3.63, 3.8) is 0 Å². The summed E-state index contributed by atoms with van der Waals surface area (Å²) >= 11 is 0. The quantitative estimate of drug-likeness (QED) is 0.345. The molecule has 0 N–H and O–H groups in total. The van der Waals surface area contributed by atoms with E-state index in [1.165, 1.54) is 13.8 Å². The molecule has 90 valence electrons. The van der Waals surface area contributed by atoms with Gasteiger partial charge in [-0.2, -0.15) is 0 Å². The van der Waals surface area contributed by atoms with E-state index in [2.05, 4.69) is 9.99 Å². The third-order valence-corrected chi connectivity index (χ3v) is 1.99. The topological polar surface area (TPSA) is 65.0 Å². The van der Waals surface area contributed by atoms with Gasteiger partial charge in [-0.15, -0.1) is 0 Å². The average molecular weight is 235 g/mol. The third-order valence-electron chi connectivity index (χ3n) is 1.99. The van der Waals surface area contributed by atoms with Crippen molar-refractivity contribution in [2.75, 3.05) is 7.11 Å². The highest BCUT2D eigenvalue weighted by atomic mass is 16.7. The van der Waals surface area contributed by atoms with Gasteiger partial charge in [0.1, 0.15) is 11.5 Å². The fourth-order valence-corrected chi connectivity index (χ4v) is 1.13. The molecule has 0 unspecified atom stereocenters. The Balaban J connectivity index is 2.81. The van der Waals surface area contributed by atoms with Crippen LogP contribution in [0.1, 0.15) is 24.2 Å². The van der Waals surface area contributed by atoms with E-state index in [1.807, 2.05) is 0 Å². The van der Waals surface area contributed by atoms with Crippen LogP contribution in [0.5, 0.6) is 5.75 Å². The van der Waals surface area contributed by atoms with Gasteiger partial charge in [0.15, 0.2) is 0 Å². The normalized spacial score (nSPS) is 10.9. The molecule has 5 nitrogen and oxygen atoms in total. The van der Waals surface area contributed by atoms with Crippen LogP contribution in [0.25, 0.3) is 0 Å². The monoisotopic (exact) mass is 235 g/mol. The van der Waals surface area contributed by atoms with Crippen LogP contribution in [0.3, 0.4) is 0 Å². The van der Waals surface area contributed by atoms with Crippen molar-refractivity contribution in [1.29, 1.82) is 0 Å². The summed E-state index contributed by atoms with van der Waals surface area (Å²) in [5.74, 6) is -0.197. The molecule has 1 rings (SSSR count). The summed E-state index contributed by atoms with van der Waals surface area (Å²) in [4.78, 5) is 26.7. The predicted octanol–water partition coefficient (Wildman–Crippen LogP) is 1.82. The number of Topliss-reactive ketones (excluding diaryl/α,β-unsaturated/α-hetero) is 1. The van der Waals surface area contributed by atoms with E-state index in [0.29, 0.717) is 11.3 Å². The van der Waals surface area contributed by atoms with Gasteiger partial charge in [-0.25, -0.2) is 4.79 Å². The number of carbonyl (C=O) groups is 2. The zero-order valence-electron chi connectivity index (χ0n) is 9.89. The summed E-state index contributed by atoms with van der Waals surface area (Å²) in [5.41, 5.74) is 0.574. The molecule has 5 heteroatoms. The van der Waals surface area contributed by atoms with Gasteiger partial charge in [-0.1, -0.05) is 5.16 Å². The molecular weight excluding hydrogens is 222 g/mol. The van der Waals surface area contributed by atoms with E-state index in [4.69, 9.17) is 4.74 Å². The smallest absolute Gasteiger partial charge is 0.331 e. The fraction of sp³-hybridized carbons (Fsp3) is 0.250. The first kappa shape index (κ1) is 12.9. The molecule has 0 saturated heterocycles. The number of nitrogens with zero attached hydrogens (tertiary/aromatic N) is 1. The van der Waals surface area contributed by atoms with E-state index < -0.39 is 5.97 Å². The Bertz CT molecular complexity index is 448. The van der Waals surface area contributed by atoms with Gasteiger partial charge in [-0.05, 0) is 31.2 Å². The summed E-state index contributed by atoms with van der Waals surface area (Å²) in [6.45, 7) is 2.70. The van der Waals surface area contributed by atoms with Crippen LogP contribution in [0.2, 0.25) is 0 Å². The lowest BCUT2D eigenvalue weighted by Gasteiger charge is -2.02. The van der Waals surface area contributed by atoms with Crippen LogP contribution in [0, 0.1) is 0 Å². The number of hydrogen-bond donors (Lipinski definition) is 0. The van der Waals surface area contributed by atoms with Gasteiger partial charge in [0.25, 0.3) is 0 Å². The summed E-state index contributed by atoms with van der Waals surface area (Å²) in [6, 6.07) is 6.58. The number of rotatable bonds is 4. The van der Waals surface area contributed by atoms with E-state index in [0.717, 1.165) is 0 Å². The van der Waals surface area contributed by atoms with Crippen LogP contribution in [-0.2, 0) is 9.63 Å². The van der Waals surface area contributed by atoms with Gasteiger partial charge < -0.3 is 9.57 Å². The van der Waals surface area contributed by atoms with Crippen molar-refractivity contribution in [1.82, 2.24) is 0 Å². The molecule has 0 aromatic heterocycles. The highest BCUT2D eigenvalue weighted by Gasteiger charge is 2.10. The minimum absolute atomic E-state index is 0.116. The van der Waals surface area contributed by atoms with Crippen molar-refractivity contribution in [3.8, 4) is 5.75 Å². The largest absolute Gasteiger partial charge is 0.497 e. The number of oxime groups is 1. The van der Waals surface area contributed by atoms with Crippen molar-refractivity contribution in [2.45, 2.75) is 13.8 Å². The molecule has 1 aromatic rings. The lowest BCUT2D eigenvalue weighted by molar-refractivity contribution is -0.140. The maximum absolute atomic E-state index is 11.8. The minimum atomic E-state index is -0.563. The van der Waals surface area contributed by atoms with Gasteiger partial charge in [0, 0.05) is 12.5 Å². The molecule has 0 atom stereocenters. The van der Waals surface area contributed by atoms with E-state index in [9.17, 15) is 9.59 Å². The number of ketones is 1. The molecule has 17 heavy (non-hydrogen) atoms. The number of hydrogen-bond acceptors (Lipinski definition) is 5. The van der Waals surface area contributed by atoms with Crippen LogP contribution in [0.4, 0.5) is 0 Å². The van der Waals surface area contributed by atoms with Crippen molar-refractivity contribution >= 4 is 17.5 Å². The number of benzene rings is 1. The minimum Gasteiger partial charge on any atom is -0.497 e. The van der Waals surface area contributed by atoms with Crippen molar-refractivity contribution in [3.05, 3.63) is 29.8 Å². The Morgan fingerprint density at radius 1 is 1.12 bits per heavy atom. The van der Waals surface area contributed by atoms with Crippen LogP contribution >= 0.6 is 0 Å². The van der Waals surface area contributed by atoms with Gasteiger partial charge in [0.2, 0.25) is 5.78 Å². The first-order valence-corrected chi connectivity index (χ1v) is 4.95. The predicted molar refractivity (Wildman–Crippen MR) is 62.2 cm³/mol. The van der Waals surface area contributed by atoms with Crippen LogP contribution < -0.4 is 4.74 Å². The van der Waals surface area contributed by atoms with E-state index in [-0.39, 0.29) is 11.5 Å². The molecule has 0 saturated carbocycles. The second-order valence-electron chi connectivity index (χ2n) is 3.32. The Hall–Kier alpha value is -2.17. The lowest BCUT2D eigenvalue weighted by Crippen LogP contribution is -2.11. The Morgan fingerprint density at radius 2 is 1.71 bits per heavy atom. The summed E-state index contributed by atoms with van der Waals surface area (Å²) < 4.78 is 4.98. The highest BCUT2D eigenvalue weighted by Crippen LogP contribution is 2.12. The zero-order valence-corrected chi connectivity index (χ0v) is 9.89. The summed E-state index contributed by atoms with van der Waals surface area (Å²) in [6.07, 6.45) is 0. The first-order valence-electron chi connectivity index (χ1n) is 4.95. The third kappa shape index (κ3) is 3.71. The second kappa shape index (κ2) is 5.79. The molecule has 0 bridgehead atoms. The Morgan fingerprint density at radius 3 is 2.18 bits per heavy atom. The molecule has 0 aliphatic rings. The second-order valence-corrected chi connectivity index (χ2v) is 3.32. The molecule has 0 spiro atoms. The molecular formula is C12H13NO4. The molecule has 0 amide bonds. The van der Waals surface area contributed by atoms with Gasteiger partial charge in [0.05, 0.1) is 7.11 Å². The molecule has 0 radical (unpaired) electrons. The highest BCUT2D eigenvalue weighted by molar-refractivity contribution is 6.45. The molecule has 0 aliphatic heterocycles. The van der Waals surface area contributed by atoms with Crippen LogP contribution in [0.15, 0.2) is 29.4 Å². The average Bonchev–Trinajstić information content (AvgIpc) is 2.35. The summed E-state index contributed by atoms with van der Waals surface area (Å²) in [5, 5.41) is 3.43.